The van der Waals surface area contributed by atoms with Gasteiger partial charge in [-0.2, -0.15) is 0 Å². The highest BCUT2D eigenvalue weighted by molar-refractivity contribution is 6.94. The zero-order valence-electron chi connectivity index (χ0n) is 13.9. The van der Waals surface area contributed by atoms with Gasteiger partial charge in [-0.15, -0.1) is 0 Å². The van der Waals surface area contributed by atoms with E-state index in [-0.39, 0.29) is 0 Å². The molecular weight excluding hydrogens is 296 g/mol. The van der Waals surface area contributed by atoms with Gasteiger partial charge in [-0.25, -0.2) is 0 Å². The molecule has 5 heteroatoms. The molecule has 0 fully saturated rings. The molecule has 0 atom stereocenters. The van der Waals surface area contributed by atoms with Crippen LogP contribution >= 0.6 is 0 Å². The van der Waals surface area contributed by atoms with Crippen molar-refractivity contribution in [2.75, 3.05) is 0 Å². The van der Waals surface area contributed by atoms with Crippen molar-refractivity contribution in [1.82, 2.24) is 0 Å². The molecule has 112 valence electrons. The fraction of sp³-hybridized carbons (Fsp3) is 0.467. The molecule has 0 heterocycles. The van der Waals surface area contributed by atoms with Gasteiger partial charge in [0.05, 0.1) is 0 Å². The Kier molecular flexibility index (Phi) is 5.37. The van der Waals surface area contributed by atoms with Crippen LogP contribution in [0.4, 0.5) is 0 Å². The monoisotopic (exact) mass is 324 g/mol. The van der Waals surface area contributed by atoms with Crippen molar-refractivity contribution in [2.24, 2.45) is 0 Å². The lowest BCUT2D eigenvalue weighted by Gasteiger charge is -2.39. The Balaban J connectivity index is 3.33. The largest absolute Gasteiger partial charge is 0.433 e. The van der Waals surface area contributed by atoms with Crippen LogP contribution in [0.25, 0.3) is 6.08 Å². The molecule has 0 spiro atoms. The summed E-state index contributed by atoms with van der Waals surface area (Å²) in [6, 6.07) is 8.34. The highest BCUT2D eigenvalue weighted by Gasteiger charge is 2.43. The van der Waals surface area contributed by atoms with Gasteiger partial charge in [-0.3, -0.25) is 0 Å². The first-order valence-electron chi connectivity index (χ1n) is 7.09. The molecule has 0 aliphatic rings. The number of hydrogen-bond donors (Lipinski definition) is 0. The maximum absolute atomic E-state index is 6.57. The second-order valence-corrected chi connectivity index (χ2v) is 19.7. The Hall–Kier alpha value is -0.469. The molecule has 0 saturated carbocycles. The fourth-order valence-corrected chi connectivity index (χ4v) is 14.3. The second-order valence-electron chi connectivity index (χ2n) is 7.17. The van der Waals surface area contributed by atoms with Gasteiger partial charge in [-0.1, -0.05) is 36.9 Å². The van der Waals surface area contributed by atoms with E-state index in [9.17, 15) is 0 Å². The van der Waals surface area contributed by atoms with Crippen LogP contribution in [0.15, 0.2) is 30.8 Å². The minimum atomic E-state index is -2.41. The molecule has 0 unspecified atom stereocenters. The lowest BCUT2D eigenvalue weighted by Crippen LogP contribution is -2.60. The van der Waals surface area contributed by atoms with Crippen LogP contribution in [0, 0.1) is 0 Å². The van der Waals surface area contributed by atoms with Gasteiger partial charge in [-0.05, 0) is 56.6 Å². The first kappa shape index (κ1) is 17.6. The highest BCUT2D eigenvalue weighted by atomic mass is 28.5. The maximum Gasteiger partial charge on any atom is 0.349 e. The van der Waals surface area contributed by atoms with Gasteiger partial charge in [0.2, 0.25) is 0 Å². The average Bonchev–Trinajstić information content (AvgIpc) is 2.23. The molecule has 20 heavy (non-hydrogen) atoms. The lowest BCUT2D eigenvalue weighted by molar-refractivity contribution is 0.404. The molecule has 0 aliphatic carbocycles. The van der Waals surface area contributed by atoms with Crippen molar-refractivity contribution in [3.8, 4) is 0 Å². The minimum absolute atomic E-state index is 1.14. The van der Waals surface area contributed by atoms with E-state index in [2.05, 4.69) is 70.6 Å². The second kappa shape index (κ2) is 6.11. The molecule has 0 saturated heterocycles. The quantitative estimate of drug-likeness (QED) is 0.726. The summed E-state index contributed by atoms with van der Waals surface area (Å²) in [5, 5.41) is 1.21. The van der Waals surface area contributed by atoms with Crippen LogP contribution in [0.1, 0.15) is 5.56 Å². The van der Waals surface area contributed by atoms with Gasteiger partial charge in [0.15, 0.2) is 16.6 Å². The van der Waals surface area contributed by atoms with Crippen molar-refractivity contribution in [2.45, 2.75) is 45.8 Å². The molecule has 0 amide bonds. The summed E-state index contributed by atoms with van der Waals surface area (Å²) in [6.45, 7) is 19.5. The van der Waals surface area contributed by atoms with E-state index in [1.54, 1.807) is 0 Å². The molecule has 0 N–H and O–H groups in total. The van der Waals surface area contributed by atoms with Crippen molar-refractivity contribution in [3.05, 3.63) is 36.4 Å². The Morgan fingerprint density at radius 1 is 0.850 bits per heavy atom. The number of hydrogen-bond acceptors (Lipinski definition) is 2. The average molecular weight is 325 g/mol. The van der Waals surface area contributed by atoms with E-state index in [1.165, 1.54) is 5.19 Å². The van der Waals surface area contributed by atoms with Gasteiger partial charge in [0.1, 0.15) is 0 Å². The van der Waals surface area contributed by atoms with Crippen molar-refractivity contribution in [1.29, 1.82) is 0 Å². The first-order chi connectivity index (χ1) is 8.97. The minimum Gasteiger partial charge on any atom is -0.433 e. The molecule has 0 bridgehead atoms. The third kappa shape index (κ3) is 5.14. The Morgan fingerprint density at radius 3 is 1.70 bits per heavy atom. The predicted octanol–water partition coefficient (Wildman–Crippen LogP) is 4.31. The van der Waals surface area contributed by atoms with Crippen LogP contribution in [0.5, 0.6) is 0 Å². The van der Waals surface area contributed by atoms with E-state index in [0.717, 1.165) is 5.56 Å². The van der Waals surface area contributed by atoms with Crippen LogP contribution in [-0.4, -0.2) is 25.2 Å². The molecule has 0 aromatic heterocycles. The summed E-state index contributed by atoms with van der Waals surface area (Å²) in [4.78, 5) is 0. The Morgan fingerprint density at radius 2 is 1.30 bits per heavy atom. The van der Waals surface area contributed by atoms with E-state index >= 15 is 0 Å². The zero-order chi connectivity index (χ0) is 15.6. The van der Waals surface area contributed by atoms with Crippen molar-refractivity contribution < 1.29 is 8.23 Å². The van der Waals surface area contributed by atoms with E-state index in [1.807, 2.05) is 12.1 Å². The number of benzene rings is 1. The van der Waals surface area contributed by atoms with Crippen LogP contribution < -0.4 is 5.19 Å². The SMILES string of the molecule is C=Cc1ccccc1[Si](C)(O[Si](C)(C)C)O[Si](C)(C)C. The summed E-state index contributed by atoms with van der Waals surface area (Å²) in [5.74, 6) is 0. The summed E-state index contributed by atoms with van der Waals surface area (Å²) in [6.07, 6.45) is 1.90. The first-order valence-corrected chi connectivity index (χ1v) is 16.2. The molecule has 0 radical (unpaired) electrons. The third-order valence-corrected chi connectivity index (χ3v) is 12.1. The summed E-state index contributed by atoms with van der Waals surface area (Å²) in [5.41, 5.74) is 1.14. The van der Waals surface area contributed by atoms with Crippen molar-refractivity contribution in [3.63, 3.8) is 0 Å². The lowest BCUT2D eigenvalue weighted by atomic mass is 10.2. The number of rotatable bonds is 6. The van der Waals surface area contributed by atoms with Gasteiger partial charge >= 0.3 is 8.56 Å². The topological polar surface area (TPSA) is 18.5 Å². The highest BCUT2D eigenvalue weighted by Crippen LogP contribution is 2.22. The normalized spacial score (nSPS) is 13.3. The summed E-state index contributed by atoms with van der Waals surface area (Å²) >= 11 is 0. The van der Waals surface area contributed by atoms with Crippen molar-refractivity contribution >= 4 is 36.5 Å². The van der Waals surface area contributed by atoms with Gasteiger partial charge in [0.25, 0.3) is 0 Å². The fourth-order valence-electron chi connectivity index (χ4n) is 2.39. The summed E-state index contributed by atoms with van der Waals surface area (Å²) < 4.78 is 13.1. The molecule has 1 rings (SSSR count). The van der Waals surface area contributed by atoms with E-state index < -0.39 is 25.2 Å². The Bertz CT molecular complexity index is 457. The molecule has 1 aromatic carbocycles. The van der Waals surface area contributed by atoms with Crippen LogP contribution in [0.3, 0.4) is 0 Å². The molecular formula is C15H28O2Si3. The van der Waals surface area contributed by atoms with E-state index in [0.29, 0.717) is 0 Å². The zero-order valence-corrected chi connectivity index (χ0v) is 16.9. The standard InChI is InChI=1S/C15H28O2Si3/c1-9-14-12-10-11-13-15(14)20(8,16-18(2,3)4)17-19(5,6)7/h9-13H,1H2,2-8H3. The van der Waals surface area contributed by atoms with Crippen LogP contribution in [-0.2, 0) is 8.23 Å². The van der Waals surface area contributed by atoms with Gasteiger partial charge in [0, 0.05) is 0 Å². The predicted molar refractivity (Wildman–Crippen MR) is 96.6 cm³/mol. The summed E-state index contributed by atoms with van der Waals surface area (Å²) in [7, 11) is -5.78. The third-order valence-electron chi connectivity index (χ3n) is 2.67. The Labute approximate surface area is 127 Å². The molecule has 0 aliphatic heterocycles. The molecule has 1 aromatic rings. The smallest absolute Gasteiger partial charge is 0.349 e. The molecule has 2 nitrogen and oxygen atoms in total. The van der Waals surface area contributed by atoms with Crippen LogP contribution in [0.2, 0.25) is 45.8 Å². The maximum atomic E-state index is 6.57. The van der Waals surface area contributed by atoms with Gasteiger partial charge < -0.3 is 8.23 Å². The van der Waals surface area contributed by atoms with E-state index in [4.69, 9.17) is 8.23 Å².